The van der Waals surface area contributed by atoms with Crippen LogP contribution in [0, 0.1) is 0 Å². The molecule has 0 spiro atoms. The molecule has 1 N–H and O–H groups in total. The Labute approximate surface area is 152 Å². The Bertz CT molecular complexity index is 740. The number of ether oxygens (including phenoxy) is 1. The van der Waals surface area contributed by atoms with Crippen molar-refractivity contribution in [3.8, 4) is 5.75 Å². The molecular formula is C19H23N3O4. The number of hydrogen-bond donors (Lipinski definition) is 1. The summed E-state index contributed by atoms with van der Waals surface area (Å²) in [6.07, 6.45) is 2.89. The highest BCUT2D eigenvalue weighted by Gasteiger charge is 2.33. The summed E-state index contributed by atoms with van der Waals surface area (Å²) >= 11 is 0. The van der Waals surface area contributed by atoms with Gasteiger partial charge in [-0.1, -0.05) is 0 Å². The molecule has 0 aromatic heterocycles. The lowest BCUT2D eigenvalue weighted by atomic mass is 10.0. The predicted octanol–water partition coefficient (Wildman–Crippen LogP) is 0.575. The molecule has 2 saturated heterocycles. The maximum absolute atomic E-state index is 12.8. The third-order valence-electron chi connectivity index (χ3n) is 5.33. The van der Waals surface area contributed by atoms with Gasteiger partial charge < -0.3 is 19.9 Å². The highest BCUT2D eigenvalue weighted by atomic mass is 16.5. The number of carbonyl (C=O) groups is 3. The Morgan fingerprint density at radius 2 is 1.85 bits per heavy atom. The van der Waals surface area contributed by atoms with Crippen molar-refractivity contribution in [2.75, 3.05) is 32.8 Å². The van der Waals surface area contributed by atoms with E-state index in [1.165, 1.54) is 0 Å². The highest BCUT2D eigenvalue weighted by Crippen LogP contribution is 2.26. The van der Waals surface area contributed by atoms with Crippen LogP contribution in [-0.2, 0) is 16.0 Å². The highest BCUT2D eigenvalue weighted by molar-refractivity contribution is 5.95. The van der Waals surface area contributed by atoms with Crippen molar-refractivity contribution in [3.63, 3.8) is 0 Å². The molecule has 3 amide bonds. The minimum atomic E-state index is -0.398. The smallest absolute Gasteiger partial charge is 0.253 e. The molecule has 2 fully saturated rings. The van der Waals surface area contributed by atoms with Gasteiger partial charge in [-0.15, -0.1) is 0 Å². The fourth-order valence-electron chi connectivity index (χ4n) is 3.83. The average molecular weight is 357 g/mol. The minimum Gasteiger partial charge on any atom is -0.493 e. The number of piperazine rings is 1. The first kappa shape index (κ1) is 16.9. The maximum atomic E-state index is 12.8. The second-order valence-corrected chi connectivity index (χ2v) is 7.05. The number of aryl methyl sites for hydroxylation is 1. The normalized spacial score (nSPS) is 22.5. The lowest BCUT2D eigenvalue weighted by Gasteiger charge is -2.36. The second-order valence-electron chi connectivity index (χ2n) is 7.05. The van der Waals surface area contributed by atoms with Gasteiger partial charge in [0.2, 0.25) is 11.8 Å². The van der Waals surface area contributed by atoms with E-state index in [2.05, 4.69) is 5.32 Å². The van der Waals surface area contributed by atoms with Crippen LogP contribution in [0.3, 0.4) is 0 Å². The van der Waals surface area contributed by atoms with Crippen molar-refractivity contribution in [3.05, 3.63) is 29.3 Å². The Hall–Kier alpha value is -2.57. The summed E-state index contributed by atoms with van der Waals surface area (Å²) in [5.74, 6) is 0.781. The summed E-state index contributed by atoms with van der Waals surface area (Å²) in [7, 11) is 0. The molecule has 1 unspecified atom stereocenters. The topological polar surface area (TPSA) is 79.0 Å². The molecule has 1 aromatic carbocycles. The molecule has 138 valence electrons. The van der Waals surface area contributed by atoms with Crippen LogP contribution in [0.1, 0.15) is 35.2 Å². The van der Waals surface area contributed by atoms with Crippen molar-refractivity contribution in [2.24, 2.45) is 0 Å². The van der Waals surface area contributed by atoms with E-state index in [4.69, 9.17) is 4.74 Å². The first-order chi connectivity index (χ1) is 12.6. The molecule has 1 aromatic rings. The Morgan fingerprint density at radius 3 is 2.58 bits per heavy atom. The van der Waals surface area contributed by atoms with E-state index in [9.17, 15) is 14.4 Å². The molecule has 0 saturated carbocycles. The molecule has 7 nitrogen and oxygen atoms in total. The number of hydrogen-bond acceptors (Lipinski definition) is 4. The van der Waals surface area contributed by atoms with E-state index in [0.29, 0.717) is 44.6 Å². The largest absolute Gasteiger partial charge is 0.493 e. The third kappa shape index (κ3) is 3.25. The fourth-order valence-corrected chi connectivity index (χ4v) is 3.83. The molecule has 3 heterocycles. The van der Waals surface area contributed by atoms with Gasteiger partial charge in [0.1, 0.15) is 11.8 Å². The lowest BCUT2D eigenvalue weighted by Crippen LogP contribution is -2.54. The molecule has 0 bridgehead atoms. The number of rotatable bonds is 2. The molecule has 3 aliphatic rings. The molecule has 3 aliphatic heterocycles. The molecule has 7 heteroatoms. The van der Waals surface area contributed by atoms with Gasteiger partial charge in [0.05, 0.1) is 6.61 Å². The number of amides is 3. The summed E-state index contributed by atoms with van der Waals surface area (Å²) in [5.41, 5.74) is 1.77. The van der Waals surface area contributed by atoms with Crippen molar-refractivity contribution >= 4 is 17.7 Å². The number of carbonyl (C=O) groups excluding carboxylic acids is 3. The summed E-state index contributed by atoms with van der Waals surface area (Å²) in [4.78, 5) is 40.1. The van der Waals surface area contributed by atoms with Crippen LogP contribution in [0.2, 0.25) is 0 Å². The zero-order valence-corrected chi connectivity index (χ0v) is 14.7. The number of nitrogens with one attached hydrogen (secondary N) is 1. The van der Waals surface area contributed by atoms with Crippen molar-refractivity contribution in [1.29, 1.82) is 0 Å². The van der Waals surface area contributed by atoms with Crippen molar-refractivity contribution in [2.45, 2.75) is 31.7 Å². The van der Waals surface area contributed by atoms with Crippen LogP contribution in [0.4, 0.5) is 0 Å². The van der Waals surface area contributed by atoms with Crippen LogP contribution in [-0.4, -0.2) is 66.3 Å². The van der Waals surface area contributed by atoms with Crippen LogP contribution in [0.5, 0.6) is 5.75 Å². The quantitative estimate of drug-likeness (QED) is 0.840. The molecule has 0 radical (unpaired) electrons. The summed E-state index contributed by atoms with van der Waals surface area (Å²) in [6.45, 7) is 2.77. The lowest BCUT2D eigenvalue weighted by molar-refractivity contribution is -0.135. The summed E-state index contributed by atoms with van der Waals surface area (Å²) < 4.78 is 5.60. The molecule has 4 rings (SSSR count). The average Bonchev–Trinajstić information content (AvgIpc) is 3.13. The van der Waals surface area contributed by atoms with Gasteiger partial charge in [-0.2, -0.15) is 0 Å². The third-order valence-corrected chi connectivity index (χ3v) is 5.33. The second kappa shape index (κ2) is 6.97. The first-order valence-corrected chi connectivity index (χ1v) is 9.25. The van der Waals surface area contributed by atoms with E-state index in [-0.39, 0.29) is 17.7 Å². The van der Waals surface area contributed by atoms with Crippen LogP contribution in [0.15, 0.2) is 18.2 Å². The number of benzene rings is 1. The van der Waals surface area contributed by atoms with Crippen LogP contribution >= 0.6 is 0 Å². The van der Waals surface area contributed by atoms with Gasteiger partial charge in [0, 0.05) is 38.2 Å². The molecule has 0 aliphatic carbocycles. The Morgan fingerprint density at radius 1 is 1.08 bits per heavy atom. The SMILES string of the molecule is O=C1CCC(C(=O)N2CCN(C(=O)c3ccc4c(c3)CCCO4)CC2)N1. The van der Waals surface area contributed by atoms with E-state index >= 15 is 0 Å². The molecule has 1 atom stereocenters. The Balaban J connectivity index is 1.36. The van der Waals surface area contributed by atoms with Crippen molar-refractivity contribution in [1.82, 2.24) is 15.1 Å². The first-order valence-electron chi connectivity index (χ1n) is 9.25. The standard InChI is InChI=1S/C19H23N3O4/c23-17-6-4-15(20-17)19(25)22-9-7-21(8-10-22)18(24)14-3-5-16-13(12-14)2-1-11-26-16/h3,5,12,15H,1-2,4,6-11H2,(H,20,23). The monoisotopic (exact) mass is 357 g/mol. The van der Waals surface area contributed by atoms with Gasteiger partial charge in [-0.05, 0) is 43.0 Å². The van der Waals surface area contributed by atoms with Gasteiger partial charge in [0.15, 0.2) is 0 Å². The number of fused-ring (bicyclic) bond motifs is 1. The zero-order valence-electron chi connectivity index (χ0n) is 14.7. The van der Waals surface area contributed by atoms with E-state index in [1.807, 2.05) is 18.2 Å². The maximum Gasteiger partial charge on any atom is 0.253 e. The van der Waals surface area contributed by atoms with E-state index < -0.39 is 6.04 Å². The van der Waals surface area contributed by atoms with E-state index in [1.54, 1.807) is 9.80 Å². The van der Waals surface area contributed by atoms with Gasteiger partial charge in [-0.25, -0.2) is 0 Å². The molecular weight excluding hydrogens is 334 g/mol. The summed E-state index contributed by atoms with van der Waals surface area (Å²) in [5, 5.41) is 2.72. The predicted molar refractivity (Wildman–Crippen MR) is 93.9 cm³/mol. The van der Waals surface area contributed by atoms with Gasteiger partial charge in [0.25, 0.3) is 5.91 Å². The van der Waals surface area contributed by atoms with Gasteiger partial charge >= 0.3 is 0 Å². The van der Waals surface area contributed by atoms with Crippen LogP contribution in [0.25, 0.3) is 0 Å². The number of nitrogens with zero attached hydrogens (tertiary/aromatic N) is 2. The Kier molecular flexibility index (Phi) is 4.53. The zero-order chi connectivity index (χ0) is 18.1. The molecule has 26 heavy (non-hydrogen) atoms. The van der Waals surface area contributed by atoms with E-state index in [0.717, 1.165) is 30.8 Å². The van der Waals surface area contributed by atoms with Gasteiger partial charge in [-0.3, -0.25) is 14.4 Å². The summed E-state index contributed by atoms with van der Waals surface area (Å²) in [6, 6.07) is 5.23. The van der Waals surface area contributed by atoms with Crippen LogP contribution < -0.4 is 10.1 Å². The fraction of sp³-hybridized carbons (Fsp3) is 0.526. The minimum absolute atomic E-state index is 0.000332. The van der Waals surface area contributed by atoms with Crippen molar-refractivity contribution < 1.29 is 19.1 Å².